The highest BCUT2D eigenvalue weighted by Gasteiger charge is 2.52. The molecule has 2 aliphatic rings. The first-order chi connectivity index (χ1) is 10.3. The van der Waals surface area contributed by atoms with Gasteiger partial charge in [0.2, 0.25) is 0 Å². The molecule has 1 aromatic heterocycles. The first-order valence-corrected chi connectivity index (χ1v) is 8.35. The van der Waals surface area contributed by atoms with Crippen molar-refractivity contribution in [3.63, 3.8) is 0 Å². The molecule has 6 heteroatoms. The van der Waals surface area contributed by atoms with Crippen LogP contribution in [0.5, 0.6) is 0 Å². The third kappa shape index (κ3) is 2.72. The Hall–Kier alpha value is -0.845. The van der Waals surface area contributed by atoms with Crippen molar-refractivity contribution in [2.24, 2.45) is 0 Å². The summed E-state index contributed by atoms with van der Waals surface area (Å²) >= 11 is 0. The van der Waals surface area contributed by atoms with Crippen LogP contribution in [0.1, 0.15) is 59.3 Å². The molecule has 0 atom stereocenters. The monoisotopic (exact) mass is 306 g/mol. The molecule has 22 heavy (non-hydrogen) atoms. The summed E-state index contributed by atoms with van der Waals surface area (Å²) in [6, 6.07) is 0.479. The Balaban J connectivity index is 1.85. The number of hydrogen-bond acceptors (Lipinski definition) is 4. The Morgan fingerprint density at radius 2 is 1.77 bits per heavy atom. The summed E-state index contributed by atoms with van der Waals surface area (Å²) in [6.45, 7) is 12.1. The van der Waals surface area contributed by atoms with Crippen LogP contribution in [-0.2, 0) is 20.5 Å². The van der Waals surface area contributed by atoms with Crippen molar-refractivity contribution in [1.29, 1.82) is 0 Å². The summed E-state index contributed by atoms with van der Waals surface area (Å²) in [5.41, 5.74) is 0.237. The molecule has 0 radical (unpaired) electrons. The Labute approximate surface area is 133 Å². The molecule has 0 unspecified atom stereocenters. The van der Waals surface area contributed by atoms with Gasteiger partial charge in [0, 0.05) is 31.9 Å². The Bertz CT molecular complexity index is 519. The third-order valence-electron chi connectivity index (χ3n) is 5.22. The standard InChI is InChI=1S/C16H27BN2O3/c1-6-14-18-13(11-19(14)12-7-9-20-10-8-12)17-21-15(2,3)16(4,5)22-17/h11-12H,6-10H2,1-5H3. The van der Waals surface area contributed by atoms with Crippen LogP contribution in [0.3, 0.4) is 0 Å². The molecule has 2 aliphatic heterocycles. The Morgan fingerprint density at radius 1 is 1.18 bits per heavy atom. The fraction of sp³-hybridized carbons (Fsp3) is 0.812. The average Bonchev–Trinajstić information content (AvgIpc) is 2.99. The highest BCUT2D eigenvalue weighted by Crippen LogP contribution is 2.36. The van der Waals surface area contributed by atoms with Crippen LogP contribution in [0.2, 0.25) is 0 Å². The van der Waals surface area contributed by atoms with E-state index >= 15 is 0 Å². The van der Waals surface area contributed by atoms with E-state index in [1.165, 1.54) is 0 Å². The van der Waals surface area contributed by atoms with Gasteiger partial charge in [-0.15, -0.1) is 0 Å². The topological polar surface area (TPSA) is 45.5 Å². The molecule has 2 fully saturated rings. The lowest BCUT2D eigenvalue weighted by molar-refractivity contribution is 0.00578. The van der Waals surface area contributed by atoms with Crippen LogP contribution in [0, 0.1) is 0 Å². The first-order valence-electron chi connectivity index (χ1n) is 8.35. The highest BCUT2D eigenvalue weighted by atomic mass is 16.7. The zero-order valence-corrected chi connectivity index (χ0v) is 14.4. The molecule has 0 aliphatic carbocycles. The van der Waals surface area contributed by atoms with E-state index in [-0.39, 0.29) is 18.3 Å². The smallest absolute Gasteiger partial charge is 0.398 e. The minimum atomic E-state index is -0.378. The van der Waals surface area contributed by atoms with Gasteiger partial charge in [-0.25, -0.2) is 4.98 Å². The van der Waals surface area contributed by atoms with Crippen molar-refractivity contribution in [2.75, 3.05) is 13.2 Å². The molecular weight excluding hydrogens is 279 g/mol. The molecule has 0 saturated carbocycles. The second kappa shape index (κ2) is 5.66. The van der Waals surface area contributed by atoms with Crippen LogP contribution in [-0.4, -0.2) is 41.1 Å². The van der Waals surface area contributed by atoms with Gasteiger partial charge in [-0.2, -0.15) is 0 Å². The Kier molecular flexibility index (Phi) is 4.12. The minimum Gasteiger partial charge on any atom is -0.398 e. The number of imidazole rings is 1. The number of ether oxygens (including phenoxy) is 1. The summed E-state index contributed by atoms with van der Waals surface area (Å²) in [6.07, 6.45) is 5.13. The van der Waals surface area contributed by atoms with E-state index in [2.05, 4.69) is 45.4 Å². The predicted molar refractivity (Wildman–Crippen MR) is 86.4 cm³/mol. The summed E-state index contributed by atoms with van der Waals surface area (Å²) < 4.78 is 20.0. The fourth-order valence-corrected chi connectivity index (χ4v) is 3.07. The minimum absolute atomic E-state index is 0.327. The molecule has 3 heterocycles. The van der Waals surface area contributed by atoms with Gasteiger partial charge in [0.1, 0.15) is 5.82 Å². The van der Waals surface area contributed by atoms with E-state index in [1.807, 2.05) is 0 Å². The van der Waals surface area contributed by atoms with Crippen LogP contribution in [0.4, 0.5) is 0 Å². The lowest BCUT2D eigenvalue weighted by Crippen LogP contribution is -2.41. The fourth-order valence-electron chi connectivity index (χ4n) is 3.07. The zero-order valence-electron chi connectivity index (χ0n) is 14.4. The summed E-state index contributed by atoms with van der Waals surface area (Å²) in [7, 11) is -0.378. The normalized spacial score (nSPS) is 24.9. The number of nitrogens with zero attached hydrogens (tertiary/aromatic N) is 2. The molecule has 0 N–H and O–H groups in total. The lowest BCUT2D eigenvalue weighted by atomic mass is 9.85. The van der Waals surface area contributed by atoms with Crippen LogP contribution in [0.15, 0.2) is 6.20 Å². The summed E-state index contributed by atoms with van der Waals surface area (Å²) in [5, 5.41) is 0. The second-order valence-corrected chi connectivity index (χ2v) is 7.27. The Morgan fingerprint density at radius 3 is 2.32 bits per heavy atom. The maximum absolute atomic E-state index is 6.13. The maximum atomic E-state index is 6.13. The van der Waals surface area contributed by atoms with Crippen LogP contribution in [0.25, 0.3) is 0 Å². The van der Waals surface area contributed by atoms with Crippen molar-refractivity contribution in [1.82, 2.24) is 9.55 Å². The third-order valence-corrected chi connectivity index (χ3v) is 5.22. The van der Waals surface area contributed by atoms with Gasteiger partial charge in [-0.3, -0.25) is 0 Å². The van der Waals surface area contributed by atoms with Gasteiger partial charge in [-0.1, -0.05) is 6.92 Å². The molecule has 1 aromatic rings. The van der Waals surface area contributed by atoms with Crippen molar-refractivity contribution in [3.8, 4) is 0 Å². The number of aryl methyl sites for hydroxylation is 1. The summed E-state index contributed by atoms with van der Waals surface area (Å²) in [5.74, 6) is 1.11. The molecule has 0 spiro atoms. The molecular formula is C16H27BN2O3. The van der Waals surface area contributed by atoms with Crippen LogP contribution >= 0.6 is 0 Å². The molecule has 122 valence electrons. The van der Waals surface area contributed by atoms with Gasteiger partial charge >= 0.3 is 7.12 Å². The molecule has 0 bridgehead atoms. The summed E-state index contributed by atoms with van der Waals surface area (Å²) in [4.78, 5) is 4.79. The van der Waals surface area contributed by atoms with Gasteiger partial charge < -0.3 is 18.6 Å². The van der Waals surface area contributed by atoms with Crippen molar-refractivity contribution < 1.29 is 14.0 Å². The molecule has 0 amide bonds. The number of aromatic nitrogens is 2. The predicted octanol–water partition coefficient (Wildman–Crippen LogP) is 2.10. The largest absolute Gasteiger partial charge is 0.516 e. The number of rotatable bonds is 3. The van der Waals surface area contributed by atoms with Crippen LogP contribution < -0.4 is 5.59 Å². The van der Waals surface area contributed by atoms with E-state index in [9.17, 15) is 0 Å². The first kappa shape index (κ1) is 16.0. The lowest BCUT2D eigenvalue weighted by Gasteiger charge is -2.32. The van der Waals surface area contributed by atoms with Gasteiger partial charge in [0.15, 0.2) is 0 Å². The highest BCUT2D eigenvalue weighted by molar-refractivity contribution is 6.61. The maximum Gasteiger partial charge on any atom is 0.516 e. The van der Waals surface area contributed by atoms with E-state index in [0.29, 0.717) is 6.04 Å². The van der Waals surface area contributed by atoms with Crippen molar-refractivity contribution in [2.45, 2.75) is 71.1 Å². The van der Waals surface area contributed by atoms with E-state index in [1.54, 1.807) is 0 Å². The van der Waals surface area contributed by atoms with Gasteiger partial charge in [-0.05, 0) is 40.5 Å². The average molecular weight is 306 g/mol. The van der Waals surface area contributed by atoms with E-state index in [0.717, 1.165) is 43.9 Å². The molecule has 0 aromatic carbocycles. The van der Waals surface area contributed by atoms with Gasteiger partial charge in [0.25, 0.3) is 0 Å². The van der Waals surface area contributed by atoms with Crippen molar-refractivity contribution >= 4 is 12.7 Å². The SMILES string of the molecule is CCc1nc(B2OC(C)(C)C(C)(C)O2)cn1C1CCOCC1. The second-order valence-electron chi connectivity index (χ2n) is 7.27. The van der Waals surface area contributed by atoms with Crippen molar-refractivity contribution in [3.05, 3.63) is 12.0 Å². The quantitative estimate of drug-likeness (QED) is 0.802. The number of hydrogen-bond donors (Lipinski definition) is 0. The molecule has 2 saturated heterocycles. The van der Waals surface area contributed by atoms with Gasteiger partial charge in [0.05, 0.1) is 16.8 Å². The zero-order chi connectivity index (χ0) is 16.0. The van der Waals surface area contributed by atoms with E-state index in [4.69, 9.17) is 19.0 Å². The molecule has 5 nitrogen and oxygen atoms in total. The molecule has 3 rings (SSSR count). The van der Waals surface area contributed by atoms with E-state index < -0.39 is 0 Å².